The number of rotatable bonds is 7. The van der Waals surface area contributed by atoms with E-state index in [9.17, 15) is 22.8 Å². The summed E-state index contributed by atoms with van der Waals surface area (Å²) in [6.07, 6.45) is -2.09. The first-order valence-electron chi connectivity index (χ1n) is 13.5. The van der Waals surface area contributed by atoms with E-state index in [0.717, 1.165) is 70.3 Å². The highest BCUT2D eigenvalue weighted by atomic mass is 35.5. The number of likely N-dealkylation sites (tertiary alicyclic amines) is 1. The van der Waals surface area contributed by atoms with Gasteiger partial charge in [0, 0.05) is 58.5 Å². The first-order chi connectivity index (χ1) is 20.0. The molecular formula is C29H28ClF3N4O4S. The van der Waals surface area contributed by atoms with Crippen molar-refractivity contribution in [2.24, 2.45) is 5.92 Å². The van der Waals surface area contributed by atoms with Crippen molar-refractivity contribution in [3.05, 3.63) is 79.0 Å². The van der Waals surface area contributed by atoms with E-state index in [1.165, 1.54) is 11.3 Å². The zero-order chi connectivity index (χ0) is 29.8. The van der Waals surface area contributed by atoms with E-state index in [4.69, 9.17) is 21.1 Å². The van der Waals surface area contributed by atoms with Gasteiger partial charge in [0.15, 0.2) is 0 Å². The van der Waals surface area contributed by atoms with Gasteiger partial charge < -0.3 is 9.47 Å². The smallest absolute Gasteiger partial charge is 0.406 e. The summed E-state index contributed by atoms with van der Waals surface area (Å²) in [7, 11) is 0. The number of alkyl halides is 3. The van der Waals surface area contributed by atoms with Gasteiger partial charge in [0.2, 0.25) is 0 Å². The number of pyridine rings is 1. The highest BCUT2D eigenvalue weighted by molar-refractivity contribution is 7.19. The predicted octanol–water partition coefficient (Wildman–Crippen LogP) is 4.96. The zero-order valence-electron chi connectivity index (χ0n) is 22.9. The lowest BCUT2D eigenvalue weighted by molar-refractivity contribution is -0.141. The van der Waals surface area contributed by atoms with Gasteiger partial charge in [0.05, 0.1) is 36.0 Å². The molecule has 0 N–H and O–H groups in total. The van der Waals surface area contributed by atoms with Crippen LogP contribution in [0.25, 0.3) is 21.3 Å². The fraction of sp³-hybridized carbons (Fsp3) is 0.414. The molecule has 42 heavy (non-hydrogen) atoms. The Morgan fingerprint density at radius 3 is 2.64 bits per heavy atom. The summed E-state index contributed by atoms with van der Waals surface area (Å²) in [6, 6.07) is 8.71. The number of aryl methyl sites for hydroxylation is 1. The Morgan fingerprint density at radius 2 is 1.93 bits per heavy atom. The highest BCUT2D eigenvalue weighted by Gasteiger charge is 2.38. The molecule has 1 aromatic carbocycles. The molecule has 0 spiro atoms. The van der Waals surface area contributed by atoms with Crippen molar-refractivity contribution in [3.8, 4) is 16.9 Å². The third-order valence-corrected chi connectivity index (χ3v) is 9.13. The zero-order valence-corrected chi connectivity index (χ0v) is 24.4. The topological polar surface area (TPSA) is 78.6 Å². The summed E-state index contributed by atoms with van der Waals surface area (Å²) >= 11 is 7.84. The fourth-order valence-electron chi connectivity index (χ4n) is 5.55. The van der Waals surface area contributed by atoms with Gasteiger partial charge in [0.1, 0.15) is 18.4 Å². The number of hydrogen-bond acceptors (Lipinski definition) is 7. The summed E-state index contributed by atoms with van der Waals surface area (Å²) in [5.74, 6) is 1.03. The minimum Gasteiger partial charge on any atom is -0.488 e. The van der Waals surface area contributed by atoms with Gasteiger partial charge in [-0.25, -0.2) is 4.79 Å². The standard InChI is InChI=1S/C29H28ClF3N4O4S/c1-16-7-18(30)8-22(26(16)41-24-12-36(10-17(24)2)19-13-40-14-19)21-3-5-34-23-9-20(42-27(21)23)11-37-25(38)4-6-35(28(37)39)15-29(31,32)33/h3-9,17,19,24H,10-15H2,1-2H3/t17-,24+/m0/s1. The van der Waals surface area contributed by atoms with Crippen molar-refractivity contribution in [3.63, 3.8) is 0 Å². The maximum absolute atomic E-state index is 13.0. The molecule has 6 rings (SSSR count). The molecule has 2 atom stereocenters. The molecule has 0 radical (unpaired) electrons. The normalized spacial score (nSPS) is 19.9. The molecule has 2 saturated heterocycles. The number of nitrogens with zero attached hydrogens (tertiary/aromatic N) is 4. The molecule has 0 saturated carbocycles. The predicted molar refractivity (Wildman–Crippen MR) is 155 cm³/mol. The number of fused-ring (bicyclic) bond motifs is 1. The number of hydrogen-bond donors (Lipinski definition) is 0. The molecule has 8 nitrogen and oxygen atoms in total. The second-order valence-electron chi connectivity index (χ2n) is 10.9. The molecule has 2 aliphatic heterocycles. The first-order valence-corrected chi connectivity index (χ1v) is 14.7. The van der Waals surface area contributed by atoms with Crippen molar-refractivity contribution < 1.29 is 22.6 Å². The Morgan fingerprint density at radius 1 is 1.14 bits per heavy atom. The lowest BCUT2D eigenvalue weighted by atomic mass is 10.0. The summed E-state index contributed by atoms with van der Waals surface area (Å²) < 4.78 is 53.0. The fourth-order valence-corrected chi connectivity index (χ4v) is 6.95. The van der Waals surface area contributed by atoms with Crippen LogP contribution in [0.5, 0.6) is 5.75 Å². The monoisotopic (exact) mass is 620 g/mol. The van der Waals surface area contributed by atoms with E-state index in [0.29, 0.717) is 31.9 Å². The van der Waals surface area contributed by atoms with Crippen molar-refractivity contribution in [2.75, 3.05) is 26.3 Å². The van der Waals surface area contributed by atoms with Crippen molar-refractivity contribution in [1.29, 1.82) is 0 Å². The summed E-state index contributed by atoms with van der Waals surface area (Å²) in [4.78, 5) is 32.7. The molecule has 0 amide bonds. The van der Waals surface area contributed by atoms with Gasteiger partial charge in [-0.1, -0.05) is 18.5 Å². The average Bonchev–Trinajstić information content (AvgIpc) is 3.45. The van der Waals surface area contributed by atoms with E-state index in [1.54, 1.807) is 12.3 Å². The van der Waals surface area contributed by atoms with Crippen LogP contribution in [-0.4, -0.2) is 63.6 Å². The number of benzene rings is 1. The SMILES string of the molecule is Cc1cc(Cl)cc(-c2ccnc3cc(Cn4c(=O)ccn(CC(F)(F)F)c4=O)sc23)c1O[C@@H]1CN(C2COC2)C[C@@H]1C. The Kier molecular flexibility index (Phi) is 7.67. The molecule has 2 fully saturated rings. The van der Waals surface area contributed by atoms with Crippen LogP contribution >= 0.6 is 22.9 Å². The van der Waals surface area contributed by atoms with Crippen LogP contribution in [0, 0.1) is 12.8 Å². The second kappa shape index (κ2) is 11.1. The molecule has 222 valence electrons. The Hall–Kier alpha value is -3.19. The molecule has 5 heterocycles. The number of thiophene rings is 1. The molecule has 4 aromatic rings. The third-order valence-electron chi connectivity index (χ3n) is 7.77. The van der Waals surface area contributed by atoms with Crippen molar-refractivity contribution in [1.82, 2.24) is 19.0 Å². The number of aromatic nitrogens is 3. The molecule has 2 aliphatic rings. The maximum Gasteiger partial charge on any atom is 0.406 e. The minimum atomic E-state index is -4.60. The van der Waals surface area contributed by atoms with Crippen LogP contribution in [0.1, 0.15) is 17.4 Å². The van der Waals surface area contributed by atoms with Gasteiger partial charge in [-0.3, -0.25) is 23.8 Å². The molecule has 13 heteroatoms. The van der Waals surface area contributed by atoms with Crippen LogP contribution in [-0.2, 0) is 17.8 Å². The molecule has 0 aliphatic carbocycles. The van der Waals surface area contributed by atoms with Crippen LogP contribution in [0.2, 0.25) is 5.02 Å². The maximum atomic E-state index is 13.0. The second-order valence-corrected chi connectivity index (χ2v) is 12.5. The van der Waals surface area contributed by atoms with Gasteiger partial charge in [-0.15, -0.1) is 11.3 Å². The third kappa shape index (κ3) is 5.72. The number of halogens is 4. The van der Waals surface area contributed by atoms with Crippen molar-refractivity contribution >= 4 is 33.2 Å². The first kappa shape index (κ1) is 28.9. The highest BCUT2D eigenvalue weighted by Crippen LogP contribution is 2.42. The van der Waals surface area contributed by atoms with E-state index in [1.807, 2.05) is 25.1 Å². The van der Waals surface area contributed by atoms with Crippen LogP contribution in [0.4, 0.5) is 13.2 Å². The Labute approximate surface area is 247 Å². The van der Waals surface area contributed by atoms with Gasteiger partial charge in [-0.05, 0) is 36.8 Å². The van der Waals surface area contributed by atoms with Crippen molar-refractivity contribution in [2.45, 2.75) is 45.3 Å². The molecule has 3 aromatic heterocycles. The lowest BCUT2D eigenvalue weighted by Gasteiger charge is -2.34. The minimum absolute atomic E-state index is 0.0238. The molecule has 0 unspecified atom stereocenters. The molecule has 0 bridgehead atoms. The quantitative estimate of drug-likeness (QED) is 0.291. The van der Waals surface area contributed by atoms with E-state index in [2.05, 4.69) is 16.8 Å². The van der Waals surface area contributed by atoms with Crippen LogP contribution in [0.15, 0.2) is 52.3 Å². The Bertz CT molecular complexity index is 1760. The van der Waals surface area contributed by atoms with E-state index in [-0.39, 0.29) is 12.6 Å². The molecular weight excluding hydrogens is 593 g/mol. The summed E-state index contributed by atoms with van der Waals surface area (Å²) in [6.45, 7) is 5.67. The van der Waals surface area contributed by atoms with Gasteiger partial charge in [-0.2, -0.15) is 13.2 Å². The van der Waals surface area contributed by atoms with E-state index < -0.39 is 24.0 Å². The van der Waals surface area contributed by atoms with Crippen LogP contribution in [0.3, 0.4) is 0 Å². The largest absolute Gasteiger partial charge is 0.488 e. The van der Waals surface area contributed by atoms with Gasteiger partial charge in [0.25, 0.3) is 5.56 Å². The van der Waals surface area contributed by atoms with Crippen LogP contribution < -0.4 is 16.0 Å². The number of ether oxygens (including phenoxy) is 2. The lowest BCUT2D eigenvalue weighted by Crippen LogP contribution is -2.48. The summed E-state index contributed by atoms with van der Waals surface area (Å²) in [5.41, 5.74) is 1.42. The average molecular weight is 621 g/mol. The summed E-state index contributed by atoms with van der Waals surface area (Å²) in [5, 5.41) is 0.547. The Balaban J connectivity index is 1.35. The van der Waals surface area contributed by atoms with Gasteiger partial charge >= 0.3 is 11.9 Å². The van der Waals surface area contributed by atoms with E-state index >= 15 is 0 Å².